The zero-order valence-corrected chi connectivity index (χ0v) is 18.7. The molecule has 0 aliphatic rings. The Hall–Kier alpha value is 0.276. The first kappa shape index (κ1) is 28.1. The number of carbonyl (C=O) groups is 2. The molecule has 0 radical (unpaired) electrons. The van der Waals surface area contributed by atoms with E-state index in [0.717, 1.165) is 0 Å². The van der Waals surface area contributed by atoms with Gasteiger partial charge in [0.25, 0.3) is 0 Å². The fourth-order valence-electron chi connectivity index (χ4n) is 2.09. The van der Waals surface area contributed by atoms with E-state index >= 15 is 0 Å². The summed E-state index contributed by atoms with van der Waals surface area (Å²) in [6, 6.07) is 0. The minimum Gasteiger partial charge on any atom is -0.545 e. The third-order valence-electron chi connectivity index (χ3n) is 3.51. The summed E-state index contributed by atoms with van der Waals surface area (Å²) in [5.74, 6) is -3.09. The molecule has 0 aromatic heterocycles. The van der Waals surface area contributed by atoms with Crippen molar-refractivity contribution >= 4 is 11.9 Å². The van der Waals surface area contributed by atoms with Crippen LogP contribution in [-0.2, 0) is 9.59 Å². The van der Waals surface area contributed by atoms with E-state index in [1.54, 1.807) is 0 Å². The molecule has 0 aliphatic carbocycles. The van der Waals surface area contributed by atoms with Crippen LogP contribution in [0.25, 0.3) is 0 Å². The summed E-state index contributed by atoms with van der Waals surface area (Å²) in [4.78, 5) is 18.8. The summed E-state index contributed by atoms with van der Waals surface area (Å²) in [7, 11) is 2.45. The number of hydrogen-bond donors (Lipinski definition) is 0. The van der Waals surface area contributed by atoms with Gasteiger partial charge in [0.2, 0.25) is 0 Å². The predicted molar refractivity (Wildman–Crippen MR) is 84.7 cm³/mol. The Morgan fingerprint density at radius 3 is 1.22 bits per heavy atom. The molecule has 0 unspecified atom stereocenters. The van der Waals surface area contributed by atoms with Crippen molar-refractivity contribution in [1.82, 2.24) is 0 Å². The first-order valence-corrected chi connectivity index (χ1v) is 8.24. The average molecular weight is 354 g/mol. The van der Waals surface area contributed by atoms with Gasteiger partial charge in [0.15, 0.2) is 0 Å². The normalized spacial score (nSPS) is 10.6. The average Bonchev–Trinajstić information content (AvgIpc) is 2.48. The maximum absolute atomic E-state index is 9.41. The van der Waals surface area contributed by atoms with Gasteiger partial charge < -0.3 is 24.3 Å². The summed E-state index contributed by atoms with van der Waals surface area (Å²) < 4.78 is 1.32. The topological polar surface area (TPSA) is 80.3 Å². The molecule has 0 spiro atoms. The summed E-state index contributed by atoms with van der Waals surface area (Å²) >= 11 is 0. The van der Waals surface area contributed by atoms with Crippen LogP contribution in [0.3, 0.4) is 0 Å². The summed E-state index contributed by atoms with van der Waals surface area (Å²) in [5, 5.41) is 18.8. The summed E-state index contributed by atoms with van der Waals surface area (Å²) in [5.41, 5.74) is 0. The first-order valence-electron chi connectivity index (χ1n) is 8.24. The molecule has 0 aromatic carbocycles. The molecule has 0 saturated heterocycles. The Kier molecular flexibility index (Phi) is 22.7. The summed E-state index contributed by atoms with van der Waals surface area (Å²) in [6.45, 7) is 11.0. The van der Waals surface area contributed by atoms with Crippen LogP contribution in [0, 0.1) is 0 Å². The first-order chi connectivity index (χ1) is 10.3. The van der Waals surface area contributed by atoms with Crippen molar-refractivity contribution in [2.75, 3.05) is 26.7 Å². The Balaban J connectivity index is -0.000000382. The third-order valence-corrected chi connectivity index (χ3v) is 3.51. The molecular formula is C17H32KNO4. The molecule has 0 bridgehead atoms. The minimum absolute atomic E-state index is 0. The van der Waals surface area contributed by atoms with Crippen LogP contribution < -0.4 is 61.6 Å². The molecule has 5 nitrogen and oxygen atoms in total. The molecule has 0 heterocycles. The van der Waals surface area contributed by atoms with Gasteiger partial charge in [-0.3, -0.25) is 0 Å². The van der Waals surface area contributed by atoms with Crippen molar-refractivity contribution in [3.63, 3.8) is 0 Å². The standard InChI is InChI=1S/C13H30N.C4H4O4.K/c1-5-8-11-14(4,12-9-6-2)13-10-7-3;5-3(6)1-2-4(7)8;/h5-13H2,1-4H3;1-2H,(H,5,6)(H,7,8);/q+1;;+1/p-2/b;2-1+;. The quantitative estimate of drug-likeness (QED) is 0.242. The predicted octanol–water partition coefficient (Wildman–Crippen LogP) is -2.12. The van der Waals surface area contributed by atoms with Crippen LogP contribution in [0.15, 0.2) is 12.2 Å². The van der Waals surface area contributed by atoms with Crippen LogP contribution in [0.4, 0.5) is 0 Å². The van der Waals surface area contributed by atoms with E-state index < -0.39 is 11.9 Å². The second-order valence-corrected chi connectivity index (χ2v) is 5.82. The molecule has 0 fully saturated rings. The fourth-order valence-corrected chi connectivity index (χ4v) is 2.09. The van der Waals surface area contributed by atoms with Gasteiger partial charge in [-0.1, -0.05) is 40.0 Å². The van der Waals surface area contributed by atoms with Gasteiger partial charge in [0.1, 0.15) is 0 Å². The van der Waals surface area contributed by atoms with Crippen LogP contribution in [-0.4, -0.2) is 43.1 Å². The summed E-state index contributed by atoms with van der Waals surface area (Å²) in [6.07, 6.45) is 8.97. The van der Waals surface area contributed by atoms with E-state index in [1.807, 2.05) is 0 Å². The number of nitrogens with zero attached hydrogens (tertiary/aromatic N) is 1. The Morgan fingerprint density at radius 1 is 0.783 bits per heavy atom. The van der Waals surface area contributed by atoms with Gasteiger partial charge >= 0.3 is 51.4 Å². The Labute approximate surface area is 184 Å². The van der Waals surface area contributed by atoms with Gasteiger partial charge in [-0.05, 0) is 31.4 Å². The van der Waals surface area contributed by atoms with Crippen molar-refractivity contribution in [2.45, 2.75) is 59.3 Å². The fraction of sp³-hybridized carbons (Fsp3) is 0.765. The molecule has 0 N–H and O–H groups in total. The van der Waals surface area contributed by atoms with Crippen LogP contribution >= 0.6 is 0 Å². The van der Waals surface area contributed by atoms with E-state index in [9.17, 15) is 19.8 Å². The van der Waals surface area contributed by atoms with Gasteiger partial charge in [-0.2, -0.15) is 0 Å². The number of aliphatic carboxylic acids is 2. The molecule has 23 heavy (non-hydrogen) atoms. The zero-order valence-electron chi connectivity index (χ0n) is 15.6. The Morgan fingerprint density at radius 2 is 1.04 bits per heavy atom. The van der Waals surface area contributed by atoms with Crippen LogP contribution in [0.1, 0.15) is 59.3 Å². The third kappa shape index (κ3) is 22.3. The van der Waals surface area contributed by atoms with E-state index in [0.29, 0.717) is 12.2 Å². The maximum atomic E-state index is 9.41. The molecule has 130 valence electrons. The van der Waals surface area contributed by atoms with Crippen LogP contribution in [0.5, 0.6) is 0 Å². The molecule has 0 rings (SSSR count). The number of carboxylic acid groups (broad SMARTS) is 2. The Bertz CT molecular complexity index is 295. The van der Waals surface area contributed by atoms with Crippen molar-refractivity contribution in [2.24, 2.45) is 0 Å². The molecule has 0 amide bonds. The molecule has 0 aromatic rings. The van der Waals surface area contributed by atoms with E-state index in [2.05, 4.69) is 27.8 Å². The van der Waals surface area contributed by atoms with Gasteiger partial charge in [0, 0.05) is 0 Å². The molecule has 6 heteroatoms. The van der Waals surface area contributed by atoms with Crippen molar-refractivity contribution in [3.05, 3.63) is 12.2 Å². The number of carboxylic acids is 2. The number of carbonyl (C=O) groups excluding carboxylic acids is 2. The van der Waals surface area contributed by atoms with Crippen molar-refractivity contribution in [1.29, 1.82) is 0 Å². The van der Waals surface area contributed by atoms with E-state index in [1.165, 1.54) is 62.6 Å². The molecule has 0 atom stereocenters. The number of unbranched alkanes of at least 4 members (excludes halogenated alkanes) is 3. The monoisotopic (exact) mass is 353 g/mol. The van der Waals surface area contributed by atoms with Crippen molar-refractivity contribution in [3.8, 4) is 0 Å². The molecule has 0 saturated carbocycles. The van der Waals surface area contributed by atoms with Gasteiger partial charge in [-0.15, -0.1) is 0 Å². The largest absolute Gasteiger partial charge is 1.00 e. The second kappa shape index (κ2) is 18.6. The number of hydrogen-bond acceptors (Lipinski definition) is 4. The maximum Gasteiger partial charge on any atom is 1.00 e. The smallest absolute Gasteiger partial charge is 0.545 e. The minimum atomic E-state index is -1.55. The van der Waals surface area contributed by atoms with Gasteiger partial charge in [0.05, 0.1) is 38.6 Å². The van der Waals surface area contributed by atoms with E-state index in [-0.39, 0.29) is 51.4 Å². The SMILES string of the molecule is CCCC[N+](C)(CCCC)CCCC.O=C([O-])/C=C/C(=O)[O-].[K+]. The number of quaternary nitrogens is 1. The van der Waals surface area contributed by atoms with Gasteiger partial charge in [-0.25, -0.2) is 0 Å². The molecular weight excluding hydrogens is 321 g/mol. The second-order valence-electron chi connectivity index (χ2n) is 5.82. The van der Waals surface area contributed by atoms with Crippen molar-refractivity contribution < 1.29 is 75.7 Å². The number of rotatable bonds is 11. The van der Waals surface area contributed by atoms with Crippen LogP contribution in [0.2, 0.25) is 0 Å². The van der Waals surface area contributed by atoms with E-state index in [4.69, 9.17) is 0 Å². The zero-order chi connectivity index (χ0) is 17.4. The molecule has 0 aliphatic heterocycles.